The zero-order valence-corrected chi connectivity index (χ0v) is 10.1. The maximum absolute atomic E-state index is 13.4. The van der Waals surface area contributed by atoms with Crippen molar-refractivity contribution >= 4 is 15.9 Å². The molecule has 0 aliphatic heterocycles. The predicted octanol–water partition coefficient (Wildman–Crippen LogP) is 2.67. The van der Waals surface area contributed by atoms with Gasteiger partial charge in [0.2, 0.25) is 9.84 Å². The minimum absolute atomic E-state index is 0.329. The lowest BCUT2D eigenvalue weighted by Crippen LogP contribution is -1.99. The van der Waals surface area contributed by atoms with Gasteiger partial charge >= 0.3 is 0 Å². The number of aromatic nitrogens is 1. The van der Waals surface area contributed by atoms with E-state index in [2.05, 4.69) is 4.98 Å². The molecule has 18 heavy (non-hydrogen) atoms. The van der Waals surface area contributed by atoms with E-state index < -0.39 is 15.7 Å². The fourth-order valence-corrected chi connectivity index (χ4v) is 2.48. The maximum Gasteiger partial charge on any atom is 0.202 e. The number of hydrogen-bond donors (Lipinski definition) is 0. The van der Waals surface area contributed by atoms with E-state index in [4.69, 9.17) is 0 Å². The first kappa shape index (κ1) is 12.4. The minimum Gasteiger partial charge on any atom is -0.264 e. The van der Waals surface area contributed by atoms with E-state index in [1.54, 1.807) is 18.3 Å². The van der Waals surface area contributed by atoms with Crippen LogP contribution in [0, 0.1) is 5.82 Å². The summed E-state index contributed by atoms with van der Waals surface area (Å²) >= 11 is 0. The first-order valence-electron chi connectivity index (χ1n) is 5.17. The molecule has 0 spiro atoms. The van der Waals surface area contributed by atoms with Crippen molar-refractivity contribution in [1.82, 2.24) is 4.98 Å². The Morgan fingerprint density at radius 2 is 1.89 bits per heavy atom. The number of halogens is 1. The quantitative estimate of drug-likeness (QED) is 0.855. The smallest absolute Gasteiger partial charge is 0.202 e. The zero-order chi connectivity index (χ0) is 13.0. The maximum atomic E-state index is 13.4. The summed E-state index contributed by atoms with van der Waals surface area (Å²) in [5.74, 6) is -0.756. The average Bonchev–Trinajstić information content (AvgIpc) is 2.38. The van der Waals surface area contributed by atoms with Crippen LogP contribution in [-0.2, 0) is 9.84 Å². The fraction of sp³-hybridized carbons (Fsp3) is 0. The van der Waals surface area contributed by atoms with Crippen LogP contribution in [-0.4, -0.2) is 13.4 Å². The number of pyridine rings is 1. The van der Waals surface area contributed by atoms with Crippen LogP contribution in [0.25, 0.3) is 6.08 Å². The average molecular weight is 263 g/mol. The summed E-state index contributed by atoms with van der Waals surface area (Å²) in [5.41, 5.74) is 0.636. The molecule has 2 aromatic rings. The van der Waals surface area contributed by atoms with Crippen molar-refractivity contribution in [2.45, 2.75) is 4.90 Å². The molecule has 1 aromatic heterocycles. The number of rotatable bonds is 3. The summed E-state index contributed by atoms with van der Waals surface area (Å²) in [6, 6.07) is 8.67. The second-order valence-electron chi connectivity index (χ2n) is 3.56. The van der Waals surface area contributed by atoms with E-state index in [0.29, 0.717) is 5.56 Å². The van der Waals surface area contributed by atoms with Crippen LogP contribution in [0.4, 0.5) is 4.39 Å². The second-order valence-corrected chi connectivity index (χ2v) is 5.37. The van der Waals surface area contributed by atoms with Crippen LogP contribution in [0.2, 0.25) is 0 Å². The lowest BCUT2D eigenvalue weighted by Gasteiger charge is -2.00. The first-order valence-corrected chi connectivity index (χ1v) is 6.72. The molecular formula is C13H10FNO2S. The Kier molecular flexibility index (Phi) is 3.53. The molecule has 0 bridgehead atoms. The molecule has 0 aliphatic rings. The largest absolute Gasteiger partial charge is 0.264 e. The molecule has 0 radical (unpaired) electrons. The van der Waals surface area contributed by atoms with Gasteiger partial charge in [0.25, 0.3) is 0 Å². The van der Waals surface area contributed by atoms with E-state index >= 15 is 0 Å². The molecule has 0 aliphatic carbocycles. The monoisotopic (exact) mass is 263 g/mol. The van der Waals surface area contributed by atoms with Crippen molar-refractivity contribution in [2.75, 3.05) is 0 Å². The number of hydrogen-bond acceptors (Lipinski definition) is 3. The molecule has 3 nitrogen and oxygen atoms in total. The summed E-state index contributed by atoms with van der Waals surface area (Å²) in [6.45, 7) is 0. The summed E-state index contributed by atoms with van der Waals surface area (Å²) in [4.78, 5) is 3.53. The lowest BCUT2D eigenvalue weighted by atomic mass is 10.3. The molecule has 2 rings (SSSR count). The Hall–Kier alpha value is -2.01. The van der Waals surface area contributed by atoms with Crippen LogP contribution < -0.4 is 0 Å². The second kappa shape index (κ2) is 5.10. The molecule has 0 N–H and O–H groups in total. The lowest BCUT2D eigenvalue weighted by molar-refractivity contribution is 0.572. The van der Waals surface area contributed by atoms with Crippen molar-refractivity contribution in [1.29, 1.82) is 0 Å². The van der Waals surface area contributed by atoms with Gasteiger partial charge in [0.05, 0.1) is 0 Å². The molecule has 0 atom stereocenters. The van der Waals surface area contributed by atoms with E-state index in [-0.39, 0.29) is 4.90 Å². The molecule has 5 heteroatoms. The van der Waals surface area contributed by atoms with Crippen LogP contribution in [0.3, 0.4) is 0 Å². The van der Waals surface area contributed by atoms with Crippen molar-refractivity contribution in [2.24, 2.45) is 0 Å². The van der Waals surface area contributed by atoms with Crippen molar-refractivity contribution in [3.8, 4) is 0 Å². The Balaban J connectivity index is 2.34. The molecule has 92 valence electrons. The standard InChI is InChI=1S/C13H10FNO2S/c14-12-5-1-2-6-13(12)18(16,17)9-7-11-4-3-8-15-10-11/h1-10H/b9-7+. The predicted molar refractivity (Wildman–Crippen MR) is 66.9 cm³/mol. The van der Waals surface area contributed by atoms with Crippen molar-refractivity contribution < 1.29 is 12.8 Å². The summed E-state index contributed by atoms with van der Waals surface area (Å²) in [6.07, 6.45) is 4.49. The van der Waals surface area contributed by atoms with E-state index in [9.17, 15) is 12.8 Å². The van der Waals surface area contributed by atoms with E-state index in [0.717, 1.165) is 11.5 Å². The van der Waals surface area contributed by atoms with Crippen LogP contribution in [0.1, 0.15) is 5.56 Å². The highest BCUT2D eigenvalue weighted by Crippen LogP contribution is 2.17. The highest BCUT2D eigenvalue weighted by atomic mass is 32.2. The van der Waals surface area contributed by atoms with Gasteiger partial charge in [-0.15, -0.1) is 0 Å². The molecule has 0 saturated carbocycles. The van der Waals surface area contributed by atoms with Gasteiger partial charge < -0.3 is 0 Å². The van der Waals surface area contributed by atoms with Gasteiger partial charge in [0, 0.05) is 17.8 Å². The SMILES string of the molecule is O=S(=O)(/C=C/c1cccnc1)c1ccccc1F. The van der Waals surface area contributed by atoms with Gasteiger partial charge in [-0.1, -0.05) is 18.2 Å². The zero-order valence-electron chi connectivity index (χ0n) is 9.32. The molecule has 0 amide bonds. The number of sulfone groups is 1. The summed E-state index contributed by atoms with van der Waals surface area (Å²) in [7, 11) is -3.77. The normalized spacial score (nSPS) is 11.8. The topological polar surface area (TPSA) is 47.0 Å². The Bertz CT molecular complexity index is 666. The molecule has 0 saturated heterocycles. The Morgan fingerprint density at radius 3 is 2.56 bits per heavy atom. The van der Waals surface area contributed by atoms with Gasteiger partial charge in [0.15, 0.2) is 0 Å². The third-order valence-electron chi connectivity index (χ3n) is 2.27. The van der Waals surface area contributed by atoms with Gasteiger partial charge in [-0.25, -0.2) is 12.8 Å². The van der Waals surface area contributed by atoms with Crippen molar-refractivity contribution in [3.05, 3.63) is 65.6 Å². The summed E-state index contributed by atoms with van der Waals surface area (Å²) < 4.78 is 37.1. The fourth-order valence-electron chi connectivity index (χ4n) is 1.39. The van der Waals surface area contributed by atoms with E-state index in [1.165, 1.54) is 30.5 Å². The highest BCUT2D eigenvalue weighted by Gasteiger charge is 2.14. The molecule has 0 unspecified atom stereocenters. The van der Waals surface area contributed by atoms with E-state index in [1.807, 2.05) is 0 Å². The molecule has 0 fully saturated rings. The number of benzene rings is 1. The molecule has 1 heterocycles. The first-order chi connectivity index (χ1) is 8.59. The third-order valence-corrected chi connectivity index (χ3v) is 3.71. The Labute approximate surface area is 105 Å². The minimum atomic E-state index is -3.77. The highest BCUT2D eigenvalue weighted by molar-refractivity contribution is 7.94. The van der Waals surface area contributed by atoms with Crippen LogP contribution in [0.15, 0.2) is 59.1 Å². The van der Waals surface area contributed by atoms with Crippen molar-refractivity contribution in [3.63, 3.8) is 0 Å². The number of nitrogens with zero attached hydrogens (tertiary/aromatic N) is 1. The van der Waals surface area contributed by atoms with Crippen LogP contribution >= 0.6 is 0 Å². The van der Waals surface area contributed by atoms with Gasteiger partial charge in [0.1, 0.15) is 10.7 Å². The van der Waals surface area contributed by atoms with Gasteiger partial charge in [-0.3, -0.25) is 4.98 Å². The Morgan fingerprint density at radius 1 is 1.11 bits per heavy atom. The third kappa shape index (κ3) is 2.81. The van der Waals surface area contributed by atoms with Gasteiger partial charge in [-0.2, -0.15) is 0 Å². The molecular weight excluding hydrogens is 253 g/mol. The van der Waals surface area contributed by atoms with Crippen LogP contribution in [0.5, 0.6) is 0 Å². The summed E-state index contributed by atoms with van der Waals surface area (Å²) in [5, 5.41) is 0.975. The molecule has 1 aromatic carbocycles. The van der Waals surface area contributed by atoms with Gasteiger partial charge in [-0.05, 0) is 29.8 Å².